The number of Topliss-reactive ketones (excluding diaryl/α,β-unsaturated/α-hetero) is 1. The van der Waals surface area contributed by atoms with E-state index < -0.39 is 11.7 Å². The van der Waals surface area contributed by atoms with Gasteiger partial charge in [-0.05, 0) is 31.4 Å². The fourth-order valence-electron chi connectivity index (χ4n) is 4.02. The molecule has 2 fully saturated rings. The van der Waals surface area contributed by atoms with E-state index in [0.717, 1.165) is 19.5 Å². The largest absolute Gasteiger partial charge is 0.352 e. The lowest BCUT2D eigenvalue weighted by atomic mass is 9.98. The van der Waals surface area contributed by atoms with Crippen LogP contribution in [0, 0.1) is 11.7 Å². The van der Waals surface area contributed by atoms with Crippen LogP contribution < -0.4 is 5.32 Å². The lowest BCUT2D eigenvalue weighted by Crippen LogP contribution is -2.41. The molecule has 0 spiro atoms. The van der Waals surface area contributed by atoms with Crippen LogP contribution in [0.25, 0.3) is 0 Å². The number of benzene rings is 1. The molecule has 136 valence electrons. The molecule has 1 N–H and O–H groups in total. The second-order valence-electron chi connectivity index (χ2n) is 7.44. The number of halogens is 1. The Hall–Kier alpha value is -1.75. The van der Waals surface area contributed by atoms with Crippen molar-refractivity contribution in [2.45, 2.75) is 57.5 Å². The summed E-state index contributed by atoms with van der Waals surface area (Å²) in [7, 11) is 0. The summed E-state index contributed by atoms with van der Waals surface area (Å²) in [5.74, 6) is -1.40. The summed E-state index contributed by atoms with van der Waals surface area (Å²) in [5, 5.41) is 3.08. The molecule has 2 atom stereocenters. The molecule has 1 aromatic carbocycles. The zero-order valence-electron chi connectivity index (χ0n) is 14.8. The van der Waals surface area contributed by atoms with Crippen LogP contribution in [-0.4, -0.2) is 41.8 Å². The molecular weight excluding hydrogens is 319 g/mol. The molecule has 4 nitrogen and oxygen atoms in total. The van der Waals surface area contributed by atoms with Crippen LogP contribution >= 0.6 is 0 Å². The van der Waals surface area contributed by atoms with Crippen LogP contribution in [0.1, 0.15) is 55.8 Å². The Kier molecular flexibility index (Phi) is 5.84. The van der Waals surface area contributed by atoms with Crippen LogP contribution in [0.4, 0.5) is 4.39 Å². The molecule has 0 radical (unpaired) electrons. The number of ketones is 1. The molecule has 25 heavy (non-hydrogen) atoms. The van der Waals surface area contributed by atoms with Crippen LogP contribution in [0.2, 0.25) is 0 Å². The first-order valence-corrected chi connectivity index (χ1v) is 9.36. The number of nitrogens with zero attached hydrogens (tertiary/aromatic N) is 1. The van der Waals surface area contributed by atoms with Crippen LogP contribution in [0.5, 0.6) is 0 Å². The zero-order valence-corrected chi connectivity index (χ0v) is 14.8. The number of likely N-dealkylation sites (tertiary alicyclic amines) is 1. The monoisotopic (exact) mass is 346 g/mol. The molecule has 1 saturated carbocycles. The summed E-state index contributed by atoms with van der Waals surface area (Å²) in [5.41, 5.74) is 0.0652. The van der Waals surface area contributed by atoms with Gasteiger partial charge < -0.3 is 5.32 Å². The maximum absolute atomic E-state index is 13.7. The molecule has 1 amide bonds. The molecule has 1 saturated heterocycles. The first kappa shape index (κ1) is 18.1. The molecule has 0 aromatic heterocycles. The van der Waals surface area contributed by atoms with Crippen molar-refractivity contribution in [3.05, 3.63) is 35.6 Å². The Bertz CT molecular complexity index is 628. The molecule has 0 unspecified atom stereocenters. The van der Waals surface area contributed by atoms with E-state index in [9.17, 15) is 14.0 Å². The van der Waals surface area contributed by atoms with E-state index in [0.29, 0.717) is 6.04 Å². The molecular formula is C20H27FN2O2. The summed E-state index contributed by atoms with van der Waals surface area (Å²) in [6.45, 7) is 3.68. The van der Waals surface area contributed by atoms with Gasteiger partial charge in [-0.1, -0.05) is 31.9 Å². The minimum absolute atomic E-state index is 0.0336. The van der Waals surface area contributed by atoms with Crippen molar-refractivity contribution in [3.8, 4) is 0 Å². The number of hydrogen-bond acceptors (Lipinski definition) is 3. The number of hydrogen-bond donors (Lipinski definition) is 1. The Balaban J connectivity index is 1.48. The minimum atomic E-state index is -0.525. The summed E-state index contributed by atoms with van der Waals surface area (Å²) in [6.07, 6.45) is 6.17. The molecule has 1 aromatic rings. The second-order valence-corrected chi connectivity index (χ2v) is 7.44. The second kappa shape index (κ2) is 8.09. The van der Waals surface area contributed by atoms with Crippen molar-refractivity contribution >= 4 is 11.7 Å². The molecule has 2 aliphatic rings. The number of amides is 1. The molecule has 3 rings (SSSR count). The van der Waals surface area contributed by atoms with Gasteiger partial charge in [0.05, 0.1) is 5.56 Å². The summed E-state index contributed by atoms with van der Waals surface area (Å²) < 4.78 is 13.7. The highest BCUT2D eigenvalue weighted by Crippen LogP contribution is 2.26. The van der Waals surface area contributed by atoms with E-state index in [4.69, 9.17) is 0 Å². The molecule has 1 aliphatic heterocycles. The van der Waals surface area contributed by atoms with Crippen molar-refractivity contribution in [1.29, 1.82) is 0 Å². The maximum atomic E-state index is 13.7. The normalized spacial score (nSPS) is 22.9. The lowest BCUT2D eigenvalue weighted by molar-refractivity contribution is -0.125. The third kappa shape index (κ3) is 4.46. The Morgan fingerprint density at radius 3 is 2.68 bits per heavy atom. The quantitative estimate of drug-likeness (QED) is 0.805. The first-order chi connectivity index (χ1) is 12.0. The van der Waals surface area contributed by atoms with Gasteiger partial charge in [-0.2, -0.15) is 0 Å². The smallest absolute Gasteiger partial charge is 0.223 e. The van der Waals surface area contributed by atoms with Gasteiger partial charge in [-0.3, -0.25) is 14.5 Å². The van der Waals surface area contributed by atoms with E-state index in [1.807, 2.05) is 0 Å². The van der Waals surface area contributed by atoms with Crippen molar-refractivity contribution in [3.63, 3.8) is 0 Å². The topological polar surface area (TPSA) is 49.4 Å². The Labute approximate surface area is 148 Å². The van der Waals surface area contributed by atoms with Crippen molar-refractivity contribution in [2.24, 2.45) is 5.92 Å². The number of carbonyl (C=O) groups is 2. The van der Waals surface area contributed by atoms with Crippen LogP contribution in [-0.2, 0) is 4.79 Å². The van der Waals surface area contributed by atoms with E-state index in [2.05, 4.69) is 10.2 Å². The van der Waals surface area contributed by atoms with Crippen LogP contribution in [0.3, 0.4) is 0 Å². The van der Waals surface area contributed by atoms with Gasteiger partial charge in [0, 0.05) is 37.5 Å². The average molecular weight is 346 g/mol. The highest BCUT2D eigenvalue weighted by atomic mass is 19.1. The van der Waals surface area contributed by atoms with Gasteiger partial charge in [0.2, 0.25) is 5.91 Å². The van der Waals surface area contributed by atoms with E-state index in [1.54, 1.807) is 19.1 Å². The third-order valence-corrected chi connectivity index (χ3v) is 5.52. The van der Waals surface area contributed by atoms with Gasteiger partial charge >= 0.3 is 0 Å². The number of carbonyl (C=O) groups excluding carboxylic acids is 2. The maximum Gasteiger partial charge on any atom is 0.223 e. The van der Waals surface area contributed by atoms with Crippen molar-refractivity contribution in [2.75, 3.05) is 13.1 Å². The van der Waals surface area contributed by atoms with E-state index >= 15 is 0 Å². The van der Waals surface area contributed by atoms with E-state index in [1.165, 1.54) is 37.8 Å². The third-order valence-electron chi connectivity index (χ3n) is 5.52. The summed E-state index contributed by atoms with van der Waals surface area (Å²) in [4.78, 5) is 27.1. The molecule has 0 bridgehead atoms. The Morgan fingerprint density at radius 2 is 1.96 bits per heavy atom. The number of rotatable bonds is 6. The summed E-state index contributed by atoms with van der Waals surface area (Å²) >= 11 is 0. The summed E-state index contributed by atoms with van der Waals surface area (Å²) in [6, 6.07) is 6.78. The standard InChI is InChI=1S/C20H27FN2O2/c1-14(12-19(24)17-8-4-5-9-18(17)21)20(25)22-15-10-11-23(13-15)16-6-2-3-7-16/h4-5,8-9,14-16H,2-3,6-7,10-13H2,1H3,(H,22,25)/t14-,15-/m1/s1. The van der Waals surface area contributed by atoms with Gasteiger partial charge in [0.1, 0.15) is 5.82 Å². The fourth-order valence-corrected chi connectivity index (χ4v) is 4.02. The van der Waals surface area contributed by atoms with Gasteiger partial charge in [-0.15, -0.1) is 0 Å². The lowest BCUT2D eigenvalue weighted by Gasteiger charge is -2.24. The highest BCUT2D eigenvalue weighted by Gasteiger charge is 2.31. The van der Waals surface area contributed by atoms with Crippen molar-refractivity contribution < 1.29 is 14.0 Å². The predicted octanol–water partition coefficient (Wildman–Crippen LogP) is 3.17. The van der Waals surface area contributed by atoms with Gasteiger partial charge in [0.25, 0.3) is 0 Å². The average Bonchev–Trinajstić information content (AvgIpc) is 3.26. The van der Waals surface area contributed by atoms with Gasteiger partial charge in [0.15, 0.2) is 5.78 Å². The van der Waals surface area contributed by atoms with Crippen LogP contribution in [0.15, 0.2) is 24.3 Å². The highest BCUT2D eigenvalue weighted by molar-refractivity contribution is 5.98. The zero-order chi connectivity index (χ0) is 17.8. The molecule has 5 heteroatoms. The fraction of sp³-hybridized carbons (Fsp3) is 0.600. The number of nitrogens with one attached hydrogen (secondary N) is 1. The minimum Gasteiger partial charge on any atom is -0.352 e. The van der Waals surface area contributed by atoms with Crippen molar-refractivity contribution in [1.82, 2.24) is 10.2 Å². The van der Waals surface area contributed by atoms with E-state index in [-0.39, 0.29) is 29.7 Å². The molecule has 1 aliphatic carbocycles. The molecule has 1 heterocycles. The predicted molar refractivity (Wildman–Crippen MR) is 94.9 cm³/mol. The Morgan fingerprint density at radius 1 is 1.24 bits per heavy atom. The van der Waals surface area contributed by atoms with Gasteiger partial charge in [-0.25, -0.2) is 4.39 Å². The SMILES string of the molecule is C[C@H](CC(=O)c1ccccc1F)C(=O)N[C@@H]1CCN(C2CCCC2)C1. The first-order valence-electron chi connectivity index (χ1n) is 9.36.